The third-order valence-electron chi connectivity index (χ3n) is 5.94. The van der Waals surface area contributed by atoms with Crippen LogP contribution in [0.5, 0.6) is 0 Å². The highest BCUT2D eigenvalue weighted by atomic mass is 19.3. The number of carbonyl (C=O) groups excluding carboxylic acids is 2. The fourth-order valence-corrected chi connectivity index (χ4v) is 5.23. The molecule has 0 radical (unpaired) electrons. The predicted molar refractivity (Wildman–Crippen MR) is 83.8 cm³/mol. The number of ether oxygens (including phenoxy) is 2. The summed E-state index contributed by atoms with van der Waals surface area (Å²) in [6, 6.07) is 0. The number of hydrogen-bond donors (Lipinski definition) is 1. The first kappa shape index (κ1) is 18.5. The van der Waals surface area contributed by atoms with Crippen molar-refractivity contribution in [3.8, 4) is 0 Å². The van der Waals surface area contributed by atoms with Crippen molar-refractivity contribution in [1.29, 1.82) is 0 Å². The molecule has 0 saturated heterocycles. The SMILES string of the molecule is CC(F)(F)COC(=O)CCC(=O)OC1C2CC3CC1CC(CO)(C3)C2. The maximum atomic E-state index is 12.6. The molecule has 142 valence electrons. The van der Waals surface area contributed by atoms with Crippen LogP contribution in [-0.2, 0) is 19.1 Å². The van der Waals surface area contributed by atoms with Gasteiger partial charge in [0.15, 0.2) is 6.61 Å². The van der Waals surface area contributed by atoms with Crippen LogP contribution in [0.1, 0.15) is 51.9 Å². The Morgan fingerprint density at radius 1 is 1.12 bits per heavy atom. The van der Waals surface area contributed by atoms with Crippen molar-refractivity contribution in [2.45, 2.75) is 63.9 Å². The molecule has 4 saturated carbocycles. The lowest BCUT2D eigenvalue weighted by molar-refractivity contribution is -0.186. The summed E-state index contributed by atoms with van der Waals surface area (Å²) in [5.74, 6) is -3.18. The van der Waals surface area contributed by atoms with E-state index in [2.05, 4.69) is 4.74 Å². The molecule has 25 heavy (non-hydrogen) atoms. The minimum absolute atomic E-state index is 0.00853. The Labute approximate surface area is 146 Å². The van der Waals surface area contributed by atoms with Gasteiger partial charge in [0.1, 0.15) is 6.10 Å². The highest BCUT2D eigenvalue weighted by Gasteiger charge is 2.56. The van der Waals surface area contributed by atoms with E-state index in [4.69, 9.17) is 4.74 Å². The van der Waals surface area contributed by atoms with Crippen molar-refractivity contribution < 1.29 is 33.0 Å². The Morgan fingerprint density at radius 3 is 2.28 bits per heavy atom. The van der Waals surface area contributed by atoms with Crippen molar-refractivity contribution in [1.82, 2.24) is 0 Å². The van der Waals surface area contributed by atoms with Gasteiger partial charge >= 0.3 is 11.9 Å². The number of halogens is 2. The van der Waals surface area contributed by atoms with Crippen LogP contribution < -0.4 is 0 Å². The lowest BCUT2D eigenvalue weighted by Crippen LogP contribution is -2.55. The van der Waals surface area contributed by atoms with E-state index in [9.17, 15) is 23.5 Å². The van der Waals surface area contributed by atoms with Crippen LogP contribution in [0.4, 0.5) is 8.78 Å². The van der Waals surface area contributed by atoms with E-state index < -0.39 is 24.5 Å². The zero-order valence-corrected chi connectivity index (χ0v) is 14.5. The first-order valence-electron chi connectivity index (χ1n) is 9.03. The molecule has 1 N–H and O–H groups in total. The van der Waals surface area contributed by atoms with Crippen LogP contribution in [0.2, 0.25) is 0 Å². The summed E-state index contributed by atoms with van der Waals surface area (Å²) in [6.45, 7) is -0.108. The van der Waals surface area contributed by atoms with Gasteiger partial charge in [-0.2, -0.15) is 0 Å². The molecule has 5 nitrogen and oxygen atoms in total. The number of aliphatic hydroxyl groups is 1. The summed E-state index contributed by atoms with van der Waals surface area (Å²) in [5, 5.41) is 9.74. The first-order valence-corrected chi connectivity index (χ1v) is 9.03. The van der Waals surface area contributed by atoms with Gasteiger partial charge in [0.25, 0.3) is 5.92 Å². The second-order valence-electron chi connectivity index (χ2n) is 8.31. The van der Waals surface area contributed by atoms with Gasteiger partial charge in [0.2, 0.25) is 0 Å². The Balaban J connectivity index is 1.45. The van der Waals surface area contributed by atoms with Crippen molar-refractivity contribution in [2.24, 2.45) is 23.2 Å². The summed E-state index contributed by atoms with van der Waals surface area (Å²) >= 11 is 0. The summed E-state index contributed by atoms with van der Waals surface area (Å²) in [6.07, 6.45) is 4.38. The Bertz CT molecular complexity index is 514. The van der Waals surface area contributed by atoms with Gasteiger partial charge in [-0.1, -0.05) is 0 Å². The normalized spacial score (nSPS) is 36.3. The van der Waals surface area contributed by atoms with E-state index >= 15 is 0 Å². The molecule has 4 aliphatic rings. The molecule has 0 aromatic carbocycles. The molecular formula is C18H26F2O5. The van der Waals surface area contributed by atoms with Gasteiger partial charge in [0.05, 0.1) is 12.8 Å². The maximum Gasteiger partial charge on any atom is 0.306 e. The minimum Gasteiger partial charge on any atom is -0.462 e. The molecule has 0 aliphatic heterocycles. The lowest BCUT2D eigenvalue weighted by Gasteiger charge is -2.58. The number of alkyl halides is 2. The van der Waals surface area contributed by atoms with Gasteiger partial charge in [-0.15, -0.1) is 0 Å². The molecule has 4 bridgehead atoms. The highest BCUT2D eigenvalue weighted by molar-refractivity contribution is 5.77. The van der Waals surface area contributed by atoms with Gasteiger partial charge in [-0.05, 0) is 55.3 Å². The Hall–Kier alpha value is -1.24. The molecule has 0 aromatic heterocycles. The van der Waals surface area contributed by atoms with Gasteiger partial charge in [-0.3, -0.25) is 9.59 Å². The van der Waals surface area contributed by atoms with E-state index in [0.717, 1.165) is 32.1 Å². The number of esters is 2. The summed E-state index contributed by atoms with van der Waals surface area (Å²) in [4.78, 5) is 23.5. The summed E-state index contributed by atoms with van der Waals surface area (Å²) in [7, 11) is 0. The van der Waals surface area contributed by atoms with Crippen LogP contribution in [0.15, 0.2) is 0 Å². The van der Waals surface area contributed by atoms with Gasteiger partial charge in [-0.25, -0.2) is 8.78 Å². The fourth-order valence-electron chi connectivity index (χ4n) is 5.23. The molecule has 0 heterocycles. The molecule has 7 heteroatoms. The van der Waals surface area contributed by atoms with E-state index in [1.165, 1.54) is 0 Å². The minimum atomic E-state index is -3.07. The summed E-state index contributed by atoms with van der Waals surface area (Å²) < 4.78 is 35.3. The Kier molecular flexibility index (Phi) is 5.06. The summed E-state index contributed by atoms with van der Waals surface area (Å²) in [5.41, 5.74) is 0.00853. The third-order valence-corrected chi connectivity index (χ3v) is 5.94. The first-order chi connectivity index (χ1) is 11.7. The number of rotatable bonds is 7. The monoisotopic (exact) mass is 360 g/mol. The van der Waals surface area contributed by atoms with E-state index in [0.29, 0.717) is 12.8 Å². The molecule has 0 aromatic rings. The zero-order valence-electron chi connectivity index (χ0n) is 14.5. The van der Waals surface area contributed by atoms with Gasteiger partial charge in [0, 0.05) is 13.5 Å². The molecule has 4 aliphatic carbocycles. The molecule has 4 fully saturated rings. The van der Waals surface area contributed by atoms with Crippen molar-refractivity contribution in [3.05, 3.63) is 0 Å². The van der Waals surface area contributed by atoms with E-state index in [1.807, 2.05) is 0 Å². The molecular weight excluding hydrogens is 334 g/mol. The third kappa shape index (κ3) is 4.30. The lowest BCUT2D eigenvalue weighted by atomic mass is 9.49. The zero-order chi connectivity index (χ0) is 18.2. The van der Waals surface area contributed by atoms with Gasteiger partial charge < -0.3 is 14.6 Å². The quantitative estimate of drug-likeness (QED) is 0.707. The molecule has 2 unspecified atom stereocenters. The maximum absolute atomic E-state index is 12.6. The average molecular weight is 360 g/mol. The second-order valence-corrected chi connectivity index (χ2v) is 8.31. The fraction of sp³-hybridized carbons (Fsp3) is 0.889. The highest BCUT2D eigenvalue weighted by Crippen LogP contribution is 2.60. The molecule has 0 amide bonds. The Morgan fingerprint density at radius 2 is 1.72 bits per heavy atom. The number of carbonyl (C=O) groups is 2. The average Bonchev–Trinajstić information content (AvgIpc) is 2.53. The van der Waals surface area contributed by atoms with Crippen LogP contribution in [0, 0.1) is 23.2 Å². The largest absolute Gasteiger partial charge is 0.462 e. The van der Waals surface area contributed by atoms with Crippen LogP contribution in [-0.4, -0.2) is 42.3 Å². The van der Waals surface area contributed by atoms with Crippen molar-refractivity contribution >= 4 is 11.9 Å². The van der Waals surface area contributed by atoms with Crippen molar-refractivity contribution in [3.63, 3.8) is 0 Å². The van der Waals surface area contributed by atoms with Crippen molar-refractivity contribution in [2.75, 3.05) is 13.2 Å². The smallest absolute Gasteiger partial charge is 0.306 e. The van der Waals surface area contributed by atoms with Crippen LogP contribution in [0.3, 0.4) is 0 Å². The second kappa shape index (κ2) is 6.82. The molecule has 2 atom stereocenters. The van der Waals surface area contributed by atoms with Crippen LogP contribution >= 0.6 is 0 Å². The van der Waals surface area contributed by atoms with E-state index in [-0.39, 0.29) is 42.8 Å². The topological polar surface area (TPSA) is 72.8 Å². The van der Waals surface area contributed by atoms with Crippen LogP contribution in [0.25, 0.3) is 0 Å². The molecule has 0 spiro atoms. The predicted octanol–water partition coefficient (Wildman–Crippen LogP) is 2.70. The number of aliphatic hydroxyl groups excluding tert-OH is 1. The van der Waals surface area contributed by atoms with E-state index in [1.54, 1.807) is 0 Å². The standard InChI is InChI=1S/C18H26F2O5/c1-17(19,20)10-24-14(22)2-3-15(23)25-16-12-4-11-5-13(16)8-18(6-11,7-12)9-21/h11-13,16,21H,2-10H2,1H3. The molecule has 4 rings (SSSR count). The number of hydrogen-bond acceptors (Lipinski definition) is 5.